The fourth-order valence-electron chi connectivity index (χ4n) is 2.70. The lowest BCUT2D eigenvalue weighted by Gasteiger charge is -2.27. The number of hydrogen-bond acceptors (Lipinski definition) is 4. The van der Waals surface area contributed by atoms with Gasteiger partial charge in [0, 0.05) is 19.5 Å². The monoisotopic (exact) mass is 389 g/mol. The minimum atomic E-state index is -0.490. The van der Waals surface area contributed by atoms with E-state index in [4.69, 9.17) is 5.11 Å². The summed E-state index contributed by atoms with van der Waals surface area (Å²) >= 11 is 0. The van der Waals surface area contributed by atoms with Gasteiger partial charge in [0.15, 0.2) is 0 Å². The number of carbonyl (C=O) groups excluding carboxylic acids is 2. The molecule has 0 aliphatic carbocycles. The number of aliphatic hydroxyl groups is 1. The molecule has 164 valence electrons. The molecule has 0 heterocycles. The van der Waals surface area contributed by atoms with Gasteiger partial charge in [0.05, 0.1) is 0 Å². The van der Waals surface area contributed by atoms with Crippen LogP contribution in [-0.2, 0) is 9.59 Å². The third-order valence-electron chi connectivity index (χ3n) is 3.66. The lowest BCUT2D eigenvalue weighted by molar-refractivity contribution is -0.124. The summed E-state index contributed by atoms with van der Waals surface area (Å²) in [6, 6.07) is 0. The van der Waals surface area contributed by atoms with Gasteiger partial charge in [-0.25, -0.2) is 5.43 Å². The number of nitrogens with one attached hydrogen (secondary N) is 3. The second kappa shape index (κ2) is 17.0. The van der Waals surface area contributed by atoms with Gasteiger partial charge in [-0.05, 0) is 29.6 Å². The van der Waals surface area contributed by atoms with Crippen LogP contribution in [0.4, 0.5) is 0 Å². The number of aliphatic hydroxyl groups excluding tert-OH is 1. The summed E-state index contributed by atoms with van der Waals surface area (Å²) in [6.07, 6.45) is 2.29. The van der Waals surface area contributed by atoms with Crippen LogP contribution in [0.2, 0.25) is 0 Å². The molecule has 2 amide bonds. The number of carbonyl (C=O) groups is 2. The normalized spacial score (nSPS) is 11.0. The van der Waals surface area contributed by atoms with Gasteiger partial charge in [0.25, 0.3) is 0 Å². The van der Waals surface area contributed by atoms with Crippen LogP contribution >= 0.6 is 0 Å². The summed E-state index contributed by atoms with van der Waals surface area (Å²) in [5, 5.41) is 11.3. The highest BCUT2D eigenvalue weighted by Gasteiger charge is 2.23. The maximum absolute atomic E-state index is 12.0. The summed E-state index contributed by atoms with van der Waals surface area (Å²) in [4.78, 5) is 23.0. The summed E-state index contributed by atoms with van der Waals surface area (Å²) in [7, 11) is 0. The molecule has 0 aliphatic heterocycles. The van der Waals surface area contributed by atoms with Gasteiger partial charge in [-0.15, -0.1) is 0 Å². The first-order chi connectivity index (χ1) is 12.5. The highest BCUT2D eigenvalue weighted by Crippen LogP contribution is 2.28. The third-order valence-corrected chi connectivity index (χ3v) is 3.66. The molecule has 0 atom stereocenters. The Morgan fingerprint density at radius 2 is 1.44 bits per heavy atom. The summed E-state index contributed by atoms with van der Waals surface area (Å²) < 4.78 is 0. The zero-order valence-corrected chi connectivity index (χ0v) is 19.6. The van der Waals surface area contributed by atoms with Gasteiger partial charge in [-0.2, -0.15) is 0 Å². The van der Waals surface area contributed by atoms with Crippen molar-refractivity contribution in [1.29, 1.82) is 0 Å². The molecule has 0 aromatic heterocycles. The highest BCUT2D eigenvalue weighted by molar-refractivity contribution is 5.77. The van der Waals surface area contributed by atoms with E-state index in [9.17, 15) is 9.59 Å². The van der Waals surface area contributed by atoms with E-state index in [0.717, 1.165) is 12.8 Å². The molecule has 0 spiro atoms. The molecule has 0 aromatic rings. The molecule has 27 heavy (non-hydrogen) atoms. The first kappa shape index (κ1) is 30.6. The van der Waals surface area contributed by atoms with Crippen molar-refractivity contribution in [3.63, 3.8) is 0 Å². The molecule has 0 bridgehead atoms. The number of rotatable bonds is 11. The smallest absolute Gasteiger partial charge is 0.245 e. The fraction of sp³-hybridized carbons (Fsp3) is 0.905. The van der Waals surface area contributed by atoms with Crippen molar-refractivity contribution in [3.8, 4) is 0 Å². The van der Waals surface area contributed by atoms with E-state index < -0.39 is 6.61 Å². The molecule has 0 saturated heterocycles. The first-order valence-corrected chi connectivity index (χ1v) is 10.4. The van der Waals surface area contributed by atoms with E-state index in [1.165, 1.54) is 0 Å². The first-order valence-electron chi connectivity index (χ1n) is 10.4. The van der Waals surface area contributed by atoms with Gasteiger partial charge in [-0.3, -0.25) is 15.0 Å². The van der Waals surface area contributed by atoms with Crippen molar-refractivity contribution in [2.45, 2.75) is 88.5 Å². The van der Waals surface area contributed by atoms with E-state index in [-0.39, 0.29) is 22.6 Å². The third kappa shape index (κ3) is 21.0. The van der Waals surface area contributed by atoms with Gasteiger partial charge >= 0.3 is 0 Å². The molecular formula is C21H47N3O3. The average Bonchev–Trinajstić information content (AvgIpc) is 2.58. The zero-order chi connectivity index (χ0) is 22.1. The van der Waals surface area contributed by atoms with E-state index in [2.05, 4.69) is 43.9 Å². The second-order valence-corrected chi connectivity index (χ2v) is 8.26. The minimum absolute atomic E-state index is 0.00189. The Morgan fingerprint density at radius 1 is 0.926 bits per heavy atom. The van der Waals surface area contributed by atoms with E-state index in [1.807, 2.05) is 41.5 Å². The molecule has 0 unspecified atom stereocenters. The molecule has 0 rings (SSSR count). The number of hydrazine groups is 1. The molecule has 6 nitrogen and oxygen atoms in total. The summed E-state index contributed by atoms with van der Waals surface area (Å²) in [5.74, 6) is 0.203. The molecule has 0 aromatic carbocycles. The molecule has 0 fully saturated rings. The molecule has 0 saturated carbocycles. The van der Waals surface area contributed by atoms with Crippen LogP contribution < -0.4 is 16.2 Å². The van der Waals surface area contributed by atoms with Crippen LogP contribution in [0.5, 0.6) is 0 Å². The SMILES string of the molecule is CC.CC.CC(C)CC(C)(C)CC(=O)NNCCC(C)(C)CNC(=O)CO. The predicted octanol–water partition coefficient (Wildman–Crippen LogP) is 3.65. The van der Waals surface area contributed by atoms with E-state index in [1.54, 1.807) is 0 Å². The molecule has 0 aliphatic rings. The quantitative estimate of drug-likeness (QED) is 0.321. The van der Waals surface area contributed by atoms with E-state index in [0.29, 0.717) is 25.4 Å². The minimum Gasteiger partial charge on any atom is -0.387 e. The van der Waals surface area contributed by atoms with Crippen LogP contribution in [0, 0.1) is 16.7 Å². The van der Waals surface area contributed by atoms with Gasteiger partial charge in [-0.1, -0.05) is 69.2 Å². The van der Waals surface area contributed by atoms with Crippen molar-refractivity contribution in [3.05, 3.63) is 0 Å². The van der Waals surface area contributed by atoms with Crippen LogP contribution in [0.15, 0.2) is 0 Å². The summed E-state index contributed by atoms with van der Waals surface area (Å²) in [5.41, 5.74) is 5.58. The van der Waals surface area contributed by atoms with Crippen molar-refractivity contribution in [2.24, 2.45) is 16.7 Å². The summed E-state index contributed by atoms with van der Waals surface area (Å²) in [6.45, 7) is 21.2. The maximum Gasteiger partial charge on any atom is 0.245 e. The number of amides is 2. The Morgan fingerprint density at radius 3 is 1.89 bits per heavy atom. The van der Waals surface area contributed by atoms with Crippen molar-refractivity contribution in [2.75, 3.05) is 19.7 Å². The number of hydrogen-bond donors (Lipinski definition) is 4. The molecular weight excluding hydrogens is 342 g/mol. The zero-order valence-electron chi connectivity index (χ0n) is 19.6. The Hall–Kier alpha value is -1.14. The molecule has 4 N–H and O–H groups in total. The van der Waals surface area contributed by atoms with Crippen LogP contribution in [-0.4, -0.2) is 36.6 Å². The highest BCUT2D eigenvalue weighted by atomic mass is 16.3. The second-order valence-electron chi connectivity index (χ2n) is 8.26. The Bertz CT molecular complexity index is 381. The standard InChI is InChI=1S/C17H35N3O3.2C2H6/c1-13(2)9-17(5,6)10-14(22)20-19-8-7-16(3,4)12-18-15(23)11-21;2*1-2/h13,19,21H,7-12H2,1-6H3,(H,18,23)(H,20,22);2*1-2H3. The topological polar surface area (TPSA) is 90.5 Å². The van der Waals surface area contributed by atoms with Crippen LogP contribution in [0.1, 0.15) is 88.5 Å². The Labute approximate surface area is 168 Å². The fourth-order valence-corrected chi connectivity index (χ4v) is 2.70. The lowest BCUT2D eigenvalue weighted by atomic mass is 9.81. The maximum atomic E-state index is 12.0. The molecule has 0 radical (unpaired) electrons. The van der Waals surface area contributed by atoms with Crippen molar-refractivity contribution in [1.82, 2.24) is 16.2 Å². The molecule has 6 heteroatoms. The lowest BCUT2D eigenvalue weighted by Crippen LogP contribution is -2.42. The van der Waals surface area contributed by atoms with Gasteiger partial charge in [0.1, 0.15) is 6.61 Å². The largest absolute Gasteiger partial charge is 0.387 e. The predicted molar refractivity (Wildman–Crippen MR) is 115 cm³/mol. The average molecular weight is 390 g/mol. The van der Waals surface area contributed by atoms with Crippen LogP contribution in [0.25, 0.3) is 0 Å². The van der Waals surface area contributed by atoms with E-state index >= 15 is 0 Å². The Kier molecular flexibility index (Phi) is 19.2. The van der Waals surface area contributed by atoms with Gasteiger partial charge in [0.2, 0.25) is 11.8 Å². The Balaban J connectivity index is -0.00000134. The van der Waals surface area contributed by atoms with Crippen molar-refractivity contribution < 1.29 is 14.7 Å². The van der Waals surface area contributed by atoms with Gasteiger partial charge < -0.3 is 10.4 Å². The van der Waals surface area contributed by atoms with Crippen molar-refractivity contribution >= 4 is 11.8 Å². The van der Waals surface area contributed by atoms with Crippen LogP contribution in [0.3, 0.4) is 0 Å².